The van der Waals surface area contributed by atoms with E-state index in [0.717, 1.165) is 19.5 Å². The highest BCUT2D eigenvalue weighted by Crippen LogP contribution is 2.15. The van der Waals surface area contributed by atoms with Crippen LogP contribution in [-0.2, 0) is 4.79 Å². The van der Waals surface area contributed by atoms with Crippen LogP contribution in [0.25, 0.3) is 0 Å². The lowest BCUT2D eigenvalue weighted by atomic mass is 10.0. The third-order valence-corrected chi connectivity index (χ3v) is 3.24. The van der Waals surface area contributed by atoms with Gasteiger partial charge in [-0.15, -0.1) is 0 Å². The molecule has 1 atom stereocenters. The molecule has 1 amide bonds. The summed E-state index contributed by atoms with van der Waals surface area (Å²) >= 11 is 0. The summed E-state index contributed by atoms with van der Waals surface area (Å²) in [5.41, 5.74) is 0.645. The Kier molecular flexibility index (Phi) is 4.31. The molecule has 4 heteroatoms. The Hall–Kier alpha value is -1.42. The first-order chi connectivity index (χ1) is 8.63. The van der Waals surface area contributed by atoms with Crippen molar-refractivity contribution in [2.45, 2.75) is 19.8 Å². The Morgan fingerprint density at radius 2 is 2.17 bits per heavy atom. The number of hydrogen-bond donors (Lipinski definition) is 1. The van der Waals surface area contributed by atoms with Gasteiger partial charge in [-0.1, -0.05) is 6.92 Å². The minimum absolute atomic E-state index is 0.0318. The van der Waals surface area contributed by atoms with Crippen LogP contribution < -0.4 is 5.32 Å². The van der Waals surface area contributed by atoms with Crippen LogP contribution in [0.1, 0.15) is 19.8 Å². The van der Waals surface area contributed by atoms with Gasteiger partial charge < -0.3 is 5.32 Å². The minimum Gasteiger partial charge on any atom is -0.325 e. The predicted octanol–water partition coefficient (Wildman–Crippen LogP) is 2.50. The SMILES string of the molecule is CC1CCCN(CC(=O)Nc2ccc(F)cc2)C1. The molecule has 1 unspecified atom stereocenters. The number of anilines is 1. The zero-order valence-electron chi connectivity index (χ0n) is 10.7. The number of nitrogens with zero attached hydrogens (tertiary/aromatic N) is 1. The number of carbonyl (C=O) groups excluding carboxylic acids is 1. The van der Waals surface area contributed by atoms with Crippen molar-refractivity contribution >= 4 is 11.6 Å². The minimum atomic E-state index is -0.294. The van der Waals surface area contributed by atoms with Crippen LogP contribution in [0.5, 0.6) is 0 Å². The second kappa shape index (κ2) is 5.96. The normalized spacial score (nSPS) is 20.7. The maximum absolute atomic E-state index is 12.7. The van der Waals surface area contributed by atoms with Crippen LogP contribution >= 0.6 is 0 Å². The van der Waals surface area contributed by atoms with E-state index in [4.69, 9.17) is 0 Å². The molecular formula is C14H19FN2O. The number of nitrogens with one attached hydrogen (secondary N) is 1. The molecule has 0 radical (unpaired) electrons. The Morgan fingerprint density at radius 3 is 2.83 bits per heavy atom. The molecule has 1 aromatic rings. The van der Waals surface area contributed by atoms with Crippen LogP contribution in [-0.4, -0.2) is 30.4 Å². The number of benzene rings is 1. The number of likely N-dealkylation sites (tertiary alicyclic amines) is 1. The van der Waals surface area contributed by atoms with Crippen molar-refractivity contribution in [3.8, 4) is 0 Å². The molecule has 0 bridgehead atoms. The molecule has 1 N–H and O–H groups in total. The fourth-order valence-corrected chi connectivity index (χ4v) is 2.37. The third-order valence-electron chi connectivity index (χ3n) is 3.24. The number of hydrogen-bond acceptors (Lipinski definition) is 2. The Morgan fingerprint density at radius 1 is 1.44 bits per heavy atom. The summed E-state index contributed by atoms with van der Waals surface area (Å²) in [5.74, 6) is 0.339. The van der Waals surface area contributed by atoms with E-state index in [1.807, 2.05) is 0 Å². The molecule has 1 aromatic carbocycles. The van der Waals surface area contributed by atoms with Crippen LogP contribution in [0.2, 0.25) is 0 Å². The van der Waals surface area contributed by atoms with E-state index in [-0.39, 0.29) is 11.7 Å². The largest absolute Gasteiger partial charge is 0.325 e. The van der Waals surface area contributed by atoms with Gasteiger partial charge in [-0.2, -0.15) is 0 Å². The lowest BCUT2D eigenvalue weighted by Gasteiger charge is -2.30. The first kappa shape index (κ1) is 13.0. The summed E-state index contributed by atoms with van der Waals surface area (Å²) in [6.07, 6.45) is 2.40. The molecular weight excluding hydrogens is 231 g/mol. The van der Waals surface area contributed by atoms with Crippen molar-refractivity contribution in [3.05, 3.63) is 30.1 Å². The lowest BCUT2D eigenvalue weighted by molar-refractivity contribution is -0.117. The molecule has 18 heavy (non-hydrogen) atoms. The number of carbonyl (C=O) groups is 1. The average Bonchev–Trinajstić information content (AvgIpc) is 2.32. The van der Waals surface area contributed by atoms with Gasteiger partial charge >= 0.3 is 0 Å². The monoisotopic (exact) mass is 250 g/mol. The van der Waals surface area contributed by atoms with Crippen molar-refractivity contribution in [1.29, 1.82) is 0 Å². The number of piperidine rings is 1. The van der Waals surface area contributed by atoms with E-state index in [1.54, 1.807) is 12.1 Å². The summed E-state index contributed by atoms with van der Waals surface area (Å²) in [6.45, 7) is 4.60. The molecule has 1 aliphatic rings. The standard InChI is InChI=1S/C14H19FN2O/c1-11-3-2-8-17(9-11)10-14(18)16-13-6-4-12(15)5-7-13/h4-7,11H,2-3,8-10H2,1H3,(H,16,18). The zero-order valence-corrected chi connectivity index (χ0v) is 10.7. The number of halogens is 1. The molecule has 1 saturated heterocycles. The summed E-state index contributed by atoms with van der Waals surface area (Å²) in [4.78, 5) is 14.0. The summed E-state index contributed by atoms with van der Waals surface area (Å²) in [6, 6.07) is 5.84. The molecule has 0 aromatic heterocycles. The van der Waals surface area contributed by atoms with Gasteiger partial charge in [-0.25, -0.2) is 4.39 Å². The third kappa shape index (κ3) is 3.81. The van der Waals surface area contributed by atoms with Crippen LogP contribution in [0.15, 0.2) is 24.3 Å². The second-order valence-electron chi connectivity index (χ2n) is 5.04. The van der Waals surface area contributed by atoms with Crippen molar-refractivity contribution in [2.24, 2.45) is 5.92 Å². The van der Waals surface area contributed by atoms with Gasteiger partial charge in [-0.3, -0.25) is 9.69 Å². The molecule has 3 nitrogen and oxygen atoms in total. The van der Waals surface area contributed by atoms with E-state index >= 15 is 0 Å². The molecule has 0 saturated carbocycles. The van der Waals surface area contributed by atoms with Gasteiger partial charge in [0.25, 0.3) is 0 Å². The van der Waals surface area contributed by atoms with E-state index in [1.165, 1.54) is 18.6 Å². The van der Waals surface area contributed by atoms with Gasteiger partial charge in [0.05, 0.1) is 6.54 Å². The van der Waals surface area contributed by atoms with E-state index in [0.29, 0.717) is 18.2 Å². The Bertz CT molecular complexity index is 405. The molecule has 1 fully saturated rings. The van der Waals surface area contributed by atoms with Crippen molar-refractivity contribution in [3.63, 3.8) is 0 Å². The van der Waals surface area contributed by atoms with Gasteiger partial charge in [0, 0.05) is 12.2 Å². The van der Waals surface area contributed by atoms with Gasteiger partial charge in [-0.05, 0) is 49.6 Å². The van der Waals surface area contributed by atoms with Crippen molar-refractivity contribution in [2.75, 3.05) is 25.0 Å². The van der Waals surface area contributed by atoms with Crippen molar-refractivity contribution in [1.82, 2.24) is 4.90 Å². The first-order valence-corrected chi connectivity index (χ1v) is 6.41. The lowest BCUT2D eigenvalue weighted by Crippen LogP contribution is -2.39. The predicted molar refractivity (Wildman–Crippen MR) is 69.9 cm³/mol. The molecule has 98 valence electrons. The summed E-state index contributed by atoms with van der Waals surface area (Å²) in [5, 5.41) is 2.78. The molecule has 0 spiro atoms. The fourth-order valence-electron chi connectivity index (χ4n) is 2.37. The first-order valence-electron chi connectivity index (χ1n) is 6.41. The summed E-state index contributed by atoms with van der Waals surface area (Å²) in [7, 11) is 0. The maximum atomic E-state index is 12.7. The zero-order chi connectivity index (χ0) is 13.0. The highest BCUT2D eigenvalue weighted by Gasteiger charge is 2.18. The van der Waals surface area contributed by atoms with Crippen LogP contribution in [0, 0.1) is 11.7 Å². The molecule has 0 aliphatic carbocycles. The van der Waals surface area contributed by atoms with Gasteiger partial charge in [0.2, 0.25) is 5.91 Å². The molecule has 1 aliphatic heterocycles. The Labute approximate surface area is 107 Å². The molecule has 1 heterocycles. The quantitative estimate of drug-likeness (QED) is 0.894. The number of amides is 1. The smallest absolute Gasteiger partial charge is 0.238 e. The maximum Gasteiger partial charge on any atom is 0.238 e. The fraction of sp³-hybridized carbons (Fsp3) is 0.500. The number of rotatable bonds is 3. The topological polar surface area (TPSA) is 32.3 Å². The van der Waals surface area contributed by atoms with Crippen LogP contribution in [0.4, 0.5) is 10.1 Å². The van der Waals surface area contributed by atoms with E-state index in [9.17, 15) is 9.18 Å². The average molecular weight is 250 g/mol. The van der Waals surface area contributed by atoms with Crippen LogP contribution in [0.3, 0.4) is 0 Å². The second-order valence-corrected chi connectivity index (χ2v) is 5.04. The van der Waals surface area contributed by atoms with E-state index in [2.05, 4.69) is 17.1 Å². The van der Waals surface area contributed by atoms with E-state index < -0.39 is 0 Å². The van der Waals surface area contributed by atoms with Gasteiger partial charge in [0.1, 0.15) is 5.82 Å². The Balaban J connectivity index is 1.83. The highest BCUT2D eigenvalue weighted by molar-refractivity contribution is 5.92. The molecule has 2 rings (SSSR count). The van der Waals surface area contributed by atoms with Gasteiger partial charge in [0.15, 0.2) is 0 Å². The summed E-state index contributed by atoms with van der Waals surface area (Å²) < 4.78 is 12.7. The highest BCUT2D eigenvalue weighted by atomic mass is 19.1. The van der Waals surface area contributed by atoms with Crippen molar-refractivity contribution < 1.29 is 9.18 Å².